The van der Waals surface area contributed by atoms with Crippen LogP contribution in [0.1, 0.15) is 226 Å². The van der Waals surface area contributed by atoms with Crippen LogP contribution in [0.2, 0.25) is 0 Å². The zero-order valence-corrected chi connectivity index (χ0v) is 45.6. The summed E-state index contributed by atoms with van der Waals surface area (Å²) in [5.41, 5.74) is 0. The molecule has 0 radical (unpaired) electrons. The normalized spacial score (nSPS) is 20.0. The van der Waals surface area contributed by atoms with E-state index in [0.717, 1.165) is 83.5 Å². The van der Waals surface area contributed by atoms with Gasteiger partial charge in [0.2, 0.25) is 5.91 Å². The predicted octanol–water partition coefficient (Wildman–Crippen LogP) is 14.6. The van der Waals surface area contributed by atoms with E-state index in [9.17, 15) is 30.3 Å². The van der Waals surface area contributed by atoms with Gasteiger partial charge in [0.05, 0.1) is 25.4 Å². The summed E-state index contributed by atoms with van der Waals surface area (Å²) in [6, 6.07) is -0.826. The Bertz CT molecular complexity index is 1490. The summed E-state index contributed by atoms with van der Waals surface area (Å²) in [7, 11) is 0. The fourth-order valence-corrected chi connectivity index (χ4v) is 8.51. The lowest BCUT2D eigenvalue weighted by Gasteiger charge is -2.40. The van der Waals surface area contributed by atoms with Gasteiger partial charge in [-0.25, -0.2) is 0 Å². The summed E-state index contributed by atoms with van der Waals surface area (Å²) in [6.45, 7) is 3.62. The molecule has 7 unspecified atom stereocenters. The molecular formula is C63H107NO8. The van der Waals surface area contributed by atoms with E-state index in [1.807, 2.05) is 6.08 Å². The third kappa shape index (κ3) is 40.3. The molecule has 0 bridgehead atoms. The van der Waals surface area contributed by atoms with Crippen LogP contribution in [-0.2, 0) is 14.3 Å². The third-order valence-electron chi connectivity index (χ3n) is 13.1. The quantitative estimate of drug-likeness (QED) is 0.0261. The predicted molar refractivity (Wildman–Crippen MR) is 304 cm³/mol. The smallest absolute Gasteiger partial charge is 0.220 e. The lowest BCUT2D eigenvalue weighted by Crippen LogP contribution is -2.60. The molecule has 7 atom stereocenters. The third-order valence-corrected chi connectivity index (χ3v) is 13.1. The van der Waals surface area contributed by atoms with Gasteiger partial charge in [0.25, 0.3) is 0 Å². The molecule has 412 valence electrons. The molecule has 9 heteroatoms. The maximum absolute atomic E-state index is 13.0. The van der Waals surface area contributed by atoms with Crippen molar-refractivity contribution in [3.05, 3.63) is 109 Å². The van der Waals surface area contributed by atoms with Crippen molar-refractivity contribution in [3.63, 3.8) is 0 Å². The topological polar surface area (TPSA) is 149 Å². The minimum Gasteiger partial charge on any atom is -0.394 e. The van der Waals surface area contributed by atoms with Crippen LogP contribution in [0.3, 0.4) is 0 Å². The van der Waals surface area contributed by atoms with Crippen LogP contribution in [0, 0.1) is 0 Å². The molecule has 1 saturated heterocycles. The van der Waals surface area contributed by atoms with Crippen LogP contribution in [0.5, 0.6) is 0 Å². The highest BCUT2D eigenvalue weighted by molar-refractivity contribution is 5.76. The van der Waals surface area contributed by atoms with Crippen molar-refractivity contribution in [1.82, 2.24) is 5.32 Å². The average molecular weight is 1010 g/mol. The first-order valence-electron chi connectivity index (χ1n) is 29.1. The van der Waals surface area contributed by atoms with Gasteiger partial charge in [-0.05, 0) is 89.9 Å². The van der Waals surface area contributed by atoms with Gasteiger partial charge in [-0.15, -0.1) is 0 Å². The number of hydrogen-bond donors (Lipinski definition) is 6. The zero-order chi connectivity index (χ0) is 52.2. The van der Waals surface area contributed by atoms with E-state index in [1.54, 1.807) is 6.08 Å². The van der Waals surface area contributed by atoms with Crippen molar-refractivity contribution in [2.75, 3.05) is 13.2 Å². The minimum absolute atomic E-state index is 0.192. The minimum atomic E-state index is -1.58. The summed E-state index contributed by atoms with van der Waals surface area (Å²) in [4.78, 5) is 13.0. The second kappa shape index (κ2) is 51.3. The molecule has 0 aliphatic carbocycles. The van der Waals surface area contributed by atoms with Gasteiger partial charge in [0.1, 0.15) is 24.4 Å². The maximum atomic E-state index is 13.0. The maximum Gasteiger partial charge on any atom is 0.220 e. The molecule has 9 nitrogen and oxygen atoms in total. The number of carbonyl (C=O) groups excluding carboxylic acids is 1. The number of amides is 1. The molecule has 1 amide bonds. The Morgan fingerprint density at radius 2 is 0.875 bits per heavy atom. The van der Waals surface area contributed by atoms with Gasteiger partial charge in [0.15, 0.2) is 6.29 Å². The largest absolute Gasteiger partial charge is 0.394 e. The number of rotatable bonds is 48. The molecule has 0 saturated carbocycles. The highest BCUT2D eigenvalue weighted by Crippen LogP contribution is 2.23. The first-order chi connectivity index (χ1) is 35.3. The highest BCUT2D eigenvalue weighted by Gasteiger charge is 2.44. The van der Waals surface area contributed by atoms with Gasteiger partial charge in [-0.1, -0.05) is 239 Å². The number of carbonyl (C=O) groups is 1. The molecule has 1 aliphatic rings. The molecule has 0 spiro atoms. The molecule has 0 aromatic carbocycles. The second-order valence-corrected chi connectivity index (χ2v) is 19.7. The Balaban J connectivity index is 2.12. The number of allylic oxidation sites excluding steroid dienone is 17. The first-order valence-corrected chi connectivity index (χ1v) is 29.1. The second-order valence-electron chi connectivity index (χ2n) is 19.7. The summed E-state index contributed by atoms with van der Waals surface area (Å²) in [5.74, 6) is -0.192. The lowest BCUT2D eigenvalue weighted by atomic mass is 9.99. The summed E-state index contributed by atoms with van der Waals surface area (Å²) in [5, 5.41) is 54.3. The van der Waals surface area contributed by atoms with E-state index >= 15 is 0 Å². The van der Waals surface area contributed by atoms with E-state index < -0.39 is 49.5 Å². The van der Waals surface area contributed by atoms with Crippen LogP contribution < -0.4 is 5.32 Å². The highest BCUT2D eigenvalue weighted by atomic mass is 16.7. The van der Waals surface area contributed by atoms with Gasteiger partial charge in [-0.2, -0.15) is 0 Å². The van der Waals surface area contributed by atoms with Gasteiger partial charge >= 0.3 is 0 Å². The number of aliphatic hydroxyl groups is 5. The molecule has 0 aromatic rings. The Morgan fingerprint density at radius 1 is 0.486 bits per heavy atom. The fourth-order valence-electron chi connectivity index (χ4n) is 8.51. The molecule has 1 heterocycles. The monoisotopic (exact) mass is 1010 g/mol. The van der Waals surface area contributed by atoms with E-state index in [2.05, 4.69) is 116 Å². The lowest BCUT2D eigenvalue weighted by molar-refractivity contribution is -0.302. The number of nitrogens with one attached hydrogen (secondary N) is 1. The Hall–Kier alpha value is -3.15. The number of unbranched alkanes of at least 4 members (excludes halogenated alkanes) is 22. The van der Waals surface area contributed by atoms with E-state index in [-0.39, 0.29) is 12.5 Å². The Morgan fingerprint density at radius 3 is 1.33 bits per heavy atom. The van der Waals surface area contributed by atoms with E-state index in [4.69, 9.17) is 9.47 Å². The Labute approximate surface area is 440 Å². The van der Waals surface area contributed by atoms with Crippen molar-refractivity contribution >= 4 is 5.91 Å². The van der Waals surface area contributed by atoms with Crippen molar-refractivity contribution in [1.29, 1.82) is 0 Å². The summed E-state index contributed by atoms with van der Waals surface area (Å²) >= 11 is 0. The van der Waals surface area contributed by atoms with Crippen molar-refractivity contribution < 1.29 is 39.8 Å². The van der Waals surface area contributed by atoms with E-state index in [1.165, 1.54) is 122 Å². The van der Waals surface area contributed by atoms with Crippen molar-refractivity contribution in [2.24, 2.45) is 0 Å². The molecule has 1 aliphatic heterocycles. The number of hydrogen-bond acceptors (Lipinski definition) is 8. The van der Waals surface area contributed by atoms with Crippen molar-refractivity contribution in [2.45, 2.75) is 269 Å². The molecule has 6 N–H and O–H groups in total. The van der Waals surface area contributed by atoms with Gasteiger partial charge in [-0.3, -0.25) is 4.79 Å². The SMILES string of the molecule is CC/C=C\C/C=C\C/C=C\C/C=C\C/C=C\C/C=C\C/C=C\CCCCCCCCCCCCCCCCCC(=O)NC(COC1OC(CO)C(O)C(O)C1O)C(O)/C=C/CC/C=C/CCCCCCCC. The zero-order valence-electron chi connectivity index (χ0n) is 45.6. The average Bonchev–Trinajstić information content (AvgIpc) is 3.38. The first kappa shape index (κ1) is 66.9. The standard InChI is InChI=1S/C63H107NO8/c1-3-5-7-9-11-13-15-17-18-19-20-21-22-23-24-25-26-27-28-29-30-31-32-33-34-35-36-37-38-39-40-41-43-45-47-49-51-53-59(67)64-56(55-71-63-62(70)61(69)60(68)58(54-65)72-63)57(66)52-50-48-46-44-42-16-14-12-10-8-6-4-2/h5,7,11,13,17-18,20-21,23-24,26-27,29-30,42,44,50,52,56-58,60-63,65-66,68-70H,3-4,6,8-10,12,14-16,19,22,25,28,31-41,43,45-49,51,53-55H2,1-2H3,(H,64,67)/b7-5-,13-11-,18-17-,21-20-,24-23-,27-26-,30-29-,44-42+,52-50+. The van der Waals surface area contributed by atoms with Crippen LogP contribution in [-0.4, -0.2) is 87.5 Å². The molecular weight excluding hydrogens is 899 g/mol. The Kier molecular flexibility index (Phi) is 47.7. The molecule has 1 fully saturated rings. The summed E-state index contributed by atoms with van der Waals surface area (Å²) in [6.07, 6.45) is 68.8. The van der Waals surface area contributed by atoms with Crippen molar-refractivity contribution in [3.8, 4) is 0 Å². The summed E-state index contributed by atoms with van der Waals surface area (Å²) < 4.78 is 11.2. The van der Waals surface area contributed by atoms with E-state index in [0.29, 0.717) is 6.42 Å². The van der Waals surface area contributed by atoms with Gasteiger partial charge in [0, 0.05) is 6.42 Å². The van der Waals surface area contributed by atoms with Gasteiger partial charge < -0.3 is 40.3 Å². The fraction of sp³-hybridized carbons (Fsp3) is 0.698. The number of ether oxygens (including phenoxy) is 2. The number of aliphatic hydroxyl groups excluding tert-OH is 5. The van der Waals surface area contributed by atoms with Crippen LogP contribution in [0.4, 0.5) is 0 Å². The molecule has 72 heavy (non-hydrogen) atoms. The van der Waals surface area contributed by atoms with Crippen LogP contribution in [0.25, 0.3) is 0 Å². The molecule has 0 aromatic heterocycles. The molecule has 1 rings (SSSR count). The van der Waals surface area contributed by atoms with Crippen LogP contribution in [0.15, 0.2) is 109 Å². The van der Waals surface area contributed by atoms with Crippen LogP contribution >= 0.6 is 0 Å².